The predicted molar refractivity (Wildman–Crippen MR) is 70.2 cm³/mol. The van der Waals surface area contributed by atoms with Gasteiger partial charge in [0, 0.05) is 6.54 Å². The van der Waals surface area contributed by atoms with Crippen molar-refractivity contribution in [2.45, 2.75) is 24.8 Å². The molecule has 1 N–H and O–H groups in total. The number of hydrogen-bond donors (Lipinski definition) is 1. The summed E-state index contributed by atoms with van der Waals surface area (Å²) >= 11 is 0. The zero-order valence-electron chi connectivity index (χ0n) is 10.9. The number of sulfonamides is 1. The van der Waals surface area contributed by atoms with Crippen LogP contribution in [0.2, 0.25) is 0 Å². The maximum absolute atomic E-state index is 13.7. The minimum atomic E-state index is -4.25. The van der Waals surface area contributed by atoms with Crippen molar-refractivity contribution in [2.24, 2.45) is 0 Å². The first-order valence-corrected chi connectivity index (χ1v) is 7.34. The summed E-state index contributed by atoms with van der Waals surface area (Å²) in [4.78, 5) is -0.815. The quantitative estimate of drug-likeness (QED) is 0.810. The second-order valence-corrected chi connectivity index (χ2v) is 6.00. The van der Waals surface area contributed by atoms with E-state index in [1.807, 2.05) is 0 Å². The van der Waals surface area contributed by atoms with Crippen molar-refractivity contribution in [1.82, 2.24) is 4.31 Å². The third-order valence-corrected chi connectivity index (χ3v) is 4.44. The van der Waals surface area contributed by atoms with Crippen LogP contribution in [0.5, 0.6) is 0 Å². The number of rotatable bonds is 6. The Labute approximate surface area is 117 Å². The Hall–Kier alpha value is -1.49. The van der Waals surface area contributed by atoms with Crippen molar-refractivity contribution >= 4 is 10.0 Å². The van der Waals surface area contributed by atoms with Gasteiger partial charge in [0.25, 0.3) is 0 Å². The summed E-state index contributed by atoms with van der Waals surface area (Å²) in [6.45, 7) is 1.00. The van der Waals surface area contributed by atoms with Gasteiger partial charge in [-0.1, -0.05) is 12.8 Å². The van der Waals surface area contributed by atoms with E-state index in [1.165, 1.54) is 0 Å². The molecule has 0 bridgehead atoms. The summed E-state index contributed by atoms with van der Waals surface area (Å²) in [7, 11) is -4.25. The average Bonchev–Trinajstić information content (AvgIpc) is 2.41. The molecule has 1 aromatic rings. The molecule has 0 saturated heterocycles. The van der Waals surface area contributed by atoms with E-state index in [2.05, 4.69) is 5.92 Å². The van der Waals surface area contributed by atoms with E-state index in [4.69, 9.17) is 11.5 Å². The topological polar surface area (TPSA) is 57.6 Å². The van der Waals surface area contributed by atoms with Gasteiger partial charge in [-0.25, -0.2) is 17.2 Å². The zero-order chi connectivity index (χ0) is 15.3. The summed E-state index contributed by atoms with van der Waals surface area (Å²) in [5.41, 5.74) is -0.0281. The molecule has 0 aliphatic heterocycles. The Balaban J connectivity index is 3.40. The highest BCUT2D eigenvalue weighted by Crippen LogP contribution is 2.23. The van der Waals surface area contributed by atoms with E-state index >= 15 is 0 Å². The van der Waals surface area contributed by atoms with Crippen LogP contribution in [0.1, 0.15) is 18.9 Å². The number of hydrogen-bond acceptors (Lipinski definition) is 3. The number of halogens is 2. The maximum atomic E-state index is 13.7. The maximum Gasteiger partial charge on any atom is 0.246 e. The molecule has 0 aliphatic rings. The Morgan fingerprint density at radius 1 is 1.40 bits per heavy atom. The van der Waals surface area contributed by atoms with E-state index < -0.39 is 33.2 Å². The lowest BCUT2D eigenvalue weighted by Gasteiger charge is -2.20. The average molecular weight is 303 g/mol. The van der Waals surface area contributed by atoms with Gasteiger partial charge >= 0.3 is 0 Å². The molecule has 4 nitrogen and oxygen atoms in total. The van der Waals surface area contributed by atoms with Crippen molar-refractivity contribution in [3.05, 3.63) is 29.3 Å². The van der Waals surface area contributed by atoms with Gasteiger partial charge in [0.1, 0.15) is 4.90 Å². The van der Waals surface area contributed by atoms with Gasteiger partial charge in [0.15, 0.2) is 11.6 Å². The number of aliphatic hydroxyl groups excluding tert-OH is 1. The minimum absolute atomic E-state index is 0.0281. The second-order valence-electron chi connectivity index (χ2n) is 4.09. The highest BCUT2D eigenvalue weighted by Gasteiger charge is 2.28. The molecule has 0 fully saturated rings. The molecular weight excluding hydrogens is 288 g/mol. The van der Waals surface area contributed by atoms with Gasteiger partial charge in [0.2, 0.25) is 10.0 Å². The minimum Gasteiger partial charge on any atom is -0.392 e. The predicted octanol–water partition coefficient (Wildman–Crippen LogP) is 1.49. The lowest BCUT2D eigenvalue weighted by atomic mass is 10.2. The van der Waals surface area contributed by atoms with E-state index in [1.54, 1.807) is 6.92 Å². The number of nitrogens with zero attached hydrogens (tertiary/aromatic N) is 1. The third kappa shape index (κ3) is 3.33. The summed E-state index contributed by atoms with van der Waals surface area (Å²) in [6, 6.07) is 1.66. The monoisotopic (exact) mass is 303 g/mol. The van der Waals surface area contributed by atoms with Gasteiger partial charge in [-0.15, -0.1) is 6.42 Å². The van der Waals surface area contributed by atoms with Crippen LogP contribution in [0.3, 0.4) is 0 Å². The van der Waals surface area contributed by atoms with Gasteiger partial charge < -0.3 is 5.11 Å². The first kappa shape index (κ1) is 16.6. The van der Waals surface area contributed by atoms with E-state index in [9.17, 15) is 17.2 Å². The molecule has 1 aromatic carbocycles. The fraction of sp³-hybridized carbons (Fsp3) is 0.385. The van der Waals surface area contributed by atoms with Crippen molar-refractivity contribution < 1.29 is 22.3 Å². The Bertz CT molecular complexity index is 623. The largest absolute Gasteiger partial charge is 0.392 e. The lowest BCUT2D eigenvalue weighted by molar-refractivity contribution is 0.280. The molecule has 0 saturated carbocycles. The molecule has 0 unspecified atom stereocenters. The normalized spacial score (nSPS) is 11.6. The van der Waals surface area contributed by atoms with Gasteiger partial charge in [-0.05, 0) is 24.1 Å². The first-order valence-electron chi connectivity index (χ1n) is 5.90. The van der Waals surface area contributed by atoms with Gasteiger partial charge in [0.05, 0.1) is 13.2 Å². The number of aliphatic hydroxyl groups is 1. The first-order chi connectivity index (χ1) is 9.38. The second kappa shape index (κ2) is 6.79. The molecular formula is C13H15F2NO3S. The van der Waals surface area contributed by atoms with Crippen LogP contribution >= 0.6 is 0 Å². The van der Waals surface area contributed by atoms with E-state index in [0.717, 1.165) is 16.4 Å². The van der Waals surface area contributed by atoms with Crippen LogP contribution in [0.4, 0.5) is 8.78 Å². The molecule has 0 aromatic heterocycles. The number of terminal acetylenes is 1. The van der Waals surface area contributed by atoms with Crippen LogP contribution in [-0.4, -0.2) is 30.9 Å². The molecule has 0 amide bonds. The fourth-order valence-electron chi connectivity index (χ4n) is 1.67. The fourth-order valence-corrected chi connectivity index (χ4v) is 3.24. The lowest BCUT2D eigenvalue weighted by Crippen LogP contribution is -2.33. The molecule has 0 radical (unpaired) electrons. The summed E-state index contributed by atoms with van der Waals surface area (Å²) in [5, 5.41) is 8.96. The molecule has 20 heavy (non-hydrogen) atoms. The SMILES string of the molecule is C#CCN(CCC)S(=O)(=O)c1cc(CO)cc(F)c1F. The van der Waals surface area contributed by atoms with Crippen molar-refractivity contribution in [1.29, 1.82) is 0 Å². The summed E-state index contributed by atoms with van der Waals surface area (Å²) in [6.07, 6.45) is 5.57. The third-order valence-electron chi connectivity index (χ3n) is 2.60. The van der Waals surface area contributed by atoms with Crippen molar-refractivity contribution in [3.8, 4) is 12.3 Å². The molecule has 110 valence electrons. The van der Waals surface area contributed by atoms with Crippen LogP contribution in [0, 0.1) is 24.0 Å². The smallest absolute Gasteiger partial charge is 0.246 e. The molecule has 0 aliphatic carbocycles. The number of benzene rings is 1. The Morgan fingerprint density at radius 2 is 2.05 bits per heavy atom. The van der Waals surface area contributed by atoms with Crippen LogP contribution in [0.25, 0.3) is 0 Å². The highest BCUT2D eigenvalue weighted by molar-refractivity contribution is 7.89. The van der Waals surface area contributed by atoms with Crippen LogP contribution in [0.15, 0.2) is 17.0 Å². The zero-order valence-corrected chi connectivity index (χ0v) is 11.8. The molecule has 1 rings (SSSR count). The van der Waals surface area contributed by atoms with Gasteiger partial charge in [-0.3, -0.25) is 0 Å². The Morgan fingerprint density at radius 3 is 2.55 bits per heavy atom. The van der Waals surface area contributed by atoms with Crippen LogP contribution in [-0.2, 0) is 16.6 Å². The highest BCUT2D eigenvalue weighted by atomic mass is 32.2. The summed E-state index contributed by atoms with van der Waals surface area (Å²) < 4.78 is 52.6. The van der Waals surface area contributed by atoms with Crippen LogP contribution < -0.4 is 0 Å². The van der Waals surface area contributed by atoms with Crippen molar-refractivity contribution in [2.75, 3.05) is 13.1 Å². The standard InChI is InChI=1S/C13H15F2NO3S/c1-3-5-16(6-4-2)20(18,19)12-8-10(9-17)7-11(14)13(12)15/h1,7-8,17H,4-6,9H2,2H3. The molecule has 0 atom stereocenters. The van der Waals surface area contributed by atoms with Gasteiger partial charge in [-0.2, -0.15) is 4.31 Å². The van der Waals surface area contributed by atoms with Crippen molar-refractivity contribution in [3.63, 3.8) is 0 Å². The molecule has 7 heteroatoms. The Kier molecular flexibility index (Phi) is 5.62. The van der Waals surface area contributed by atoms with E-state index in [-0.39, 0.29) is 18.7 Å². The molecule has 0 heterocycles. The summed E-state index contributed by atoms with van der Waals surface area (Å²) in [5.74, 6) is -0.626. The van der Waals surface area contributed by atoms with E-state index in [0.29, 0.717) is 6.42 Å². The molecule has 0 spiro atoms.